The molecule has 2 amide bonds. The lowest BCUT2D eigenvalue weighted by Gasteiger charge is -2.29. The van der Waals surface area contributed by atoms with Crippen molar-refractivity contribution in [3.63, 3.8) is 0 Å². The summed E-state index contributed by atoms with van der Waals surface area (Å²) in [6.07, 6.45) is 3.38. The highest BCUT2D eigenvalue weighted by Gasteiger charge is 2.25. The molecule has 0 bridgehead atoms. The van der Waals surface area contributed by atoms with E-state index >= 15 is 0 Å². The Bertz CT molecular complexity index is 1290. The number of rotatable bonds is 11. The van der Waals surface area contributed by atoms with E-state index in [1.165, 1.54) is 23.3 Å². The van der Waals surface area contributed by atoms with Gasteiger partial charge in [0.25, 0.3) is 0 Å². The van der Waals surface area contributed by atoms with Gasteiger partial charge < -0.3 is 14.2 Å². The van der Waals surface area contributed by atoms with Gasteiger partial charge in [-0.1, -0.05) is 58.9 Å². The number of benzene rings is 2. The zero-order valence-electron chi connectivity index (χ0n) is 23.1. The Labute approximate surface area is 224 Å². The first-order valence-electron chi connectivity index (χ1n) is 13.3. The number of amides is 2. The Morgan fingerprint density at radius 2 is 1.66 bits per heavy atom. The molecule has 1 aromatic heterocycles. The molecule has 0 aliphatic carbocycles. The highest BCUT2D eigenvalue weighted by molar-refractivity contribution is 5.85. The first-order valence-corrected chi connectivity index (χ1v) is 13.3. The van der Waals surface area contributed by atoms with Crippen molar-refractivity contribution in [3.8, 4) is 0 Å². The summed E-state index contributed by atoms with van der Waals surface area (Å²) in [6.45, 7) is 11.0. The van der Waals surface area contributed by atoms with E-state index in [0.29, 0.717) is 29.5 Å². The topological polar surface area (TPSA) is 70.8 Å². The van der Waals surface area contributed by atoms with Gasteiger partial charge in [-0.3, -0.25) is 14.4 Å². The molecule has 1 heterocycles. The summed E-state index contributed by atoms with van der Waals surface area (Å²) in [6, 6.07) is 12.9. The molecule has 2 aromatic carbocycles. The Morgan fingerprint density at radius 1 is 0.974 bits per heavy atom. The summed E-state index contributed by atoms with van der Waals surface area (Å²) in [5.41, 5.74) is 1.43. The molecule has 3 aromatic rings. The Hall–Kier alpha value is -3.48. The molecule has 0 radical (unpaired) electrons. The molecule has 1 atom stereocenters. The lowest BCUT2D eigenvalue weighted by molar-refractivity contribution is -0.141. The van der Waals surface area contributed by atoms with Crippen LogP contribution in [0.3, 0.4) is 0 Å². The molecule has 1 unspecified atom stereocenters. The molecule has 0 saturated carbocycles. The molecule has 0 aliphatic heterocycles. The van der Waals surface area contributed by atoms with Crippen LogP contribution in [0.25, 0.3) is 11.0 Å². The van der Waals surface area contributed by atoms with Gasteiger partial charge >= 0.3 is 0 Å². The van der Waals surface area contributed by atoms with E-state index < -0.39 is 0 Å². The van der Waals surface area contributed by atoms with Crippen molar-refractivity contribution in [1.29, 1.82) is 0 Å². The largest absolute Gasteiger partial charge is 0.464 e. The molecule has 0 aliphatic rings. The average molecular weight is 523 g/mol. The Balaban J connectivity index is 1.84. The van der Waals surface area contributed by atoms with Crippen molar-refractivity contribution in [1.82, 2.24) is 9.80 Å². The second-order valence-corrected chi connectivity index (χ2v) is 11.4. The minimum Gasteiger partial charge on any atom is -0.464 e. The second-order valence-electron chi connectivity index (χ2n) is 11.4. The number of para-hydroxylation sites is 1. The molecule has 0 fully saturated rings. The number of hydrogen-bond donors (Lipinski definition) is 0. The third kappa shape index (κ3) is 8.27. The minimum atomic E-state index is -0.370. The van der Waals surface area contributed by atoms with Crippen LogP contribution in [0.4, 0.5) is 4.39 Å². The fourth-order valence-electron chi connectivity index (χ4n) is 4.85. The molecule has 7 heteroatoms. The predicted octanol–water partition coefficient (Wildman–Crippen LogP) is 6.16. The lowest BCUT2D eigenvalue weighted by atomic mass is 9.84. The van der Waals surface area contributed by atoms with Gasteiger partial charge in [-0.15, -0.1) is 0 Å². The number of hydrogen-bond acceptors (Lipinski definition) is 4. The van der Waals surface area contributed by atoms with Gasteiger partial charge in [0.2, 0.25) is 11.8 Å². The Morgan fingerprint density at radius 3 is 2.32 bits per heavy atom. The average Bonchev–Trinajstić information content (AvgIpc) is 2.85. The molecule has 0 spiro atoms. The van der Waals surface area contributed by atoms with E-state index in [1.54, 1.807) is 41.3 Å². The molecule has 38 heavy (non-hydrogen) atoms. The van der Waals surface area contributed by atoms with Gasteiger partial charge in [0.05, 0.1) is 30.3 Å². The molecule has 0 saturated heterocycles. The van der Waals surface area contributed by atoms with Crippen LogP contribution >= 0.6 is 0 Å². The van der Waals surface area contributed by atoms with Gasteiger partial charge in [0, 0.05) is 19.5 Å². The smallest absolute Gasteiger partial charge is 0.242 e. The molecule has 3 rings (SSSR count). The maximum Gasteiger partial charge on any atom is 0.242 e. The summed E-state index contributed by atoms with van der Waals surface area (Å²) in [5.74, 6) is -0.517. The number of carbonyl (C=O) groups excluding carboxylic acids is 2. The van der Waals surface area contributed by atoms with Crippen LogP contribution in [-0.4, -0.2) is 34.7 Å². The van der Waals surface area contributed by atoms with Crippen LogP contribution < -0.4 is 5.43 Å². The van der Waals surface area contributed by atoms with Gasteiger partial charge in [-0.25, -0.2) is 4.39 Å². The van der Waals surface area contributed by atoms with Crippen molar-refractivity contribution >= 4 is 22.8 Å². The van der Waals surface area contributed by atoms with E-state index in [9.17, 15) is 18.8 Å². The SMILES string of the molecule is CCCN(CC(=O)N(Cc1ccc(F)cc1)Cc1coc2ccccc2c1=O)C(=O)CC(C)CC(C)(C)C. The summed E-state index contributed by atoms with van der Waals surface area (Å²) < 4.78 is 19.2. The summed E-state index contributed by atoms with van der Waals surface area (Å²) >= 11 is 0. The van der Waals surface area contributed by atoms with Crippen molar-refractivity contribution in [2.45, 2.75) is 67.0 Å². The van der Waals surface area contributed by atoms with E-state index in [0.717, 1.165) is 18.4 Å². The van der Waals surface area contributed by atoms with E-state index in [2.05, 4.69) is 27.7 Å². The highest BCUT2D eigenvalue weighted by atomic mass is 19.1. The highest BCUT2D eigenvalue weighted by Crippen LogP contribution is 2.26. The molecular weight excluding hydrogens is 483 g/mol. The molecule has 0 N–H and O–H groups in total. The maximum atomic E-state index is 13.6. The normalized spacial score (nSPS) is 12.4. The van der Waals surface area contributed by atoms with E-state index in [-0.39, 0.29) is 54.0 Å². The number of fused-ring (bicyclic) bond motifs is 1. The molecular formula is C31H39FN2O4. The number of nitrogens with zero attached hydrogens (tertiary/aromatic N) is 2. The van der Waals surface area contributed by atoms with Gasteiger partial charge in [-0.05, 0) is 54.0 Å². The Kier molecular flexibility index (Phi) is 9.84. The molecule has 204 valence electrons. The van der Waals surface area contributed by atoms with Crippen LogP contribution in [0, 0.1) is 17.2 Å². The first kappa shape index (κ1) is 29.1. The van der Waals surface area contributed by atoms with E-state index in [4.69, 9.17) is 4.42 Å². The maximum absolute atomic E-state index is 13.6. The quantitative estimate of drug-likeness (QED) is 0.302. The van der Waals surface area contributed by atoms with Crippen molar-refractivity contribution in [2.75, 3.05) is 13.1 Å². The standard InChI is InChI=1S/C31H39FN2O4/c1-6-15-33(28(35)16-22(2)17-31(3,4)5)20-29(36)34(18-23-11-13-25(32)14-12-23)19-24-21-38-27-10-8-7-9-26(27)30(24)37/h7-14,21-22H,6,15-20H2,1-5H3. The molecule has 6 nitrogen and oxygen atoms in total. The first-order chi connectivity index (χ1) is 18.0. The van der Waals surface area contributed by atoms with Crippen LogP contribution in [0.2, 0.25) is 0 Å². The zero-order chi connectivity index (χ0) is 27.9. The summed E-state index contributed by atoms with van der Waals surface area (Å²) in [4.78, 5) is 43.1. The zero-order valence-corrected chi connectivity index (χ0v) is 23.1. The van der Waals surface area contributed by atoms with Crippen LogP contribution in [0.15, 0.2) is 64.0 Å². The fraction of sp³-hybridized carbons (Fsp3) is 0.452. The van der Waals surface area contributed by atoms with Gasteiger partial charge in [0.15, 0.2) is 5.43 Å². The fourth-order valence-corrected chi connectivity index (χ4v) is 4.85. The second kappa shape index (κ2) is 12.9. The predicted molar refractivity (Wildman–Crippen MR) is 148 cm³/mol. The van der Waals surface area contributed by atoms with Crippen LogP contribution in [-0.2, 0) is 22.7 Å². The summed E-state index contributed by atoms with van der Waals surface area (Å²) in [5, 5.41) is 0.440. The van der Waals surface area contributed by atoms with E-state index in [1.807, 2.05) is 6.92 Å². The summed E-state index contributed by atoms with van der Waals surface area (Å²) in [7, 11) is 0. The van der Waals surface area contributed by atoms with Crippen molar-refractivity contribution in [3.05, 3.63) is 82.0 Å². The van der Waals surface area contributed by atoms with Crippen LogP contribution in [0.1, 0.15) is 65.0 Å². The minimum absolute atomic E-state index is 0.0119. The van der Waals surface area contributed by atoms with Crippen LogP contribution in [0.5, 0.6) is 0 Å². The van der Waals surface area contributed by atoms with Crippen molar-refractivity contribution in [2.24, 2.45) is 11.3 Å². The number of carbonyl (C=O) groups is 2. The van der Waals surface area contributed by atoms with Crippen molar-refractivity contribution < 1.29 is 18.4 Å². The number of halogens is 1. The van der Waals surface area contributed by atoms with Gasteiger partial charge in [-0.2, -0.15) is 0 Å². The van der Waals surface area contributed by atoms with Gasteiger partial charge in [0.1, 0.15) is 11.4 Å². The monoisotopic (exact) mass is 522 g/mol. The third-order valence-corrected chi connectivity index (χ3v) is 6.41. The lowest BCUT2D eigenvalue weighted by Crippen LogP contribution is -2.43. The third-order valence-electron chi connectivity index (χ3n) is 6.41.